The van der Waals surface area contributed by atoms with Crippen molar-refractivity contribution in [1.29, 1.82) is 0 Å². The van der Waals surface area contributed by atoms with E-state index in [4.69, 9.17) is 24.2 Å². The smallest absolute Gasteiger partial charge is 0.408 e. The molecule has 1 aromatic carbocycles. The zero-order valence-corrected chi connectivity index (χ0v) is 35.1. The van der Waals surface area contributed by atoms with Gasteiger partial charge in [0.05, 0.1) is 35.9 Å². The van der Waals surface area contributed by atoms with Gasteiger partial charge in [-0.05, 0) is 87.7 Å². The molecule has 1 saturated heterocycles. The fourth-order valence-corrected chi connectivity index (χ4v) is 10.5. The van der Waals surface area contributed by atoms with Crippen LogP contribution in [0.3, 0.4) is 0 Å². The van der Waals surface area contributed by atoms with Gasteiger partial charge in [0.15, 0.2) is 0 Å². The lowest BCUT2D eigenvalue weighted by molar-refractivity contribution is -0.144. The van der Waals surface area contributed by atoms with Crippen LogP contribution in [-0.2, 0) is 35.6 Å². The van der Waals surface area contributed by atoms with Crippen molar-refractivity contribution in [3.63, 3.8) is 0 Å². The van der Waals surface area contributed by atoms with E-state index in [-0.39, 0.29) is 30.9 Å². The standard InChI is InChI=1S/C41H56F2N6O9S/c1-6-25-31-21-49(32(25)35(50)47-41(20-26(41)34(42)43)38(52)48-59(54,55)24-16-17-24)37(51)33(40(2,3)4)46-39(53)58-30-14-10-12-22(30)11-8-7-9-13-28-36(57-31)45-29-19-23(56-5)15-18-27(29)44-28/h15,18-19,22,24-26,30-34H,6-14,16-17,20-21H2,1-5H3,(H,46,53)(H,47,50)(H,48,52). The van der Waals surface area contributed by atoms with E-state index in [2.05, 4.69) is 10.6 Å². The summed E-state index contributed by atoms with van der Waals surface area (Å²) in [5.74, 6) is -4.31. The molecule has 59 heavy (non-hydrogen) atoms. The third kappa shape index (κ3) is 8.92. The normalized spacial score (nSPS) is 30.6. The Hall–Kier alpha value is -4.35. The lowest BCUT2D eigenvalue weighted by Gasteiger charge is -2.36. The van der Waals surface area contributed by atoms with E-state index < -0.39 is 92.9 Å². The van der Waals surface area contributed by atoms with Gasteiger partial charge in [-0.15, -0.1) is 0 Å². The number of methoxy groups -OCH3 is 1. The maximum absolute atomic E-state index is 14.9. The van der Waals surface area contributed by atoms with Crippen LogP contribution in [0.15, 0.2) is 18.2 Å². The summed E-state index contributed by atoms with van der Waals surface area (Å²) in [6, 6.07) is 2.74. The minimum Gasteiger partial charge on any atom is -0.497 e. The van der Waals surface area contributed by atoms with Crippen LogP contribution in [0.1, 0.15) is 104 Å². The number of carbonyl (C=O) groups excluding carboxylic acids is 4. The van der Waals surface area contributed by atoms with E-state index in [0.717, 1.165) is 38.5 Å². The molecule has 3 N–H and O–H groups in total. The summed E-state index contributed by atoms with van der Waals surface area (Å²) in [6.07, 6.45) is 1.88. The number of benzene rings is 1. The number of halogens is 2. The Balaban J connectivity index is 1.28. The predicted molar refractivity (Wildman–Crippen MR) is 211 cm³/mol. The molecule has 2 aromatic rings. The molecule has 4 fully saturated rings. The maximum atomic E-state index is 14.9. The van der Waals surface area contributed by atoms with Gasteiger partial charge >= 0.3 is 6.09 Å². The number of aromatic nitrogens is 2. The molecule has 8 atom stereocenters. The van der Waals surface area contributed by atoms with Crippen LogP contribution < -0.4 is 24.8 Å². The number of ether oxygens (including phenoxy) is 3. The lowest BCUT2D eigenvalue weighted by Crippen LogP contribution is -2.61. The highest BCUT2D eigenvalue weighted by atomic mass is 32.2. The van der Waals surface area contributed by atoms with E-state index >= 15 is 0 Å². The summed E-state index contributed by atoms with van der Waals surface area (Å²) in [6.45, 7) is 6.91. The molecule has 3 heterocycles. The number of sulfonamides is 1. The van der Waals surface area contributed by atoms with E-state index in [1.165, 1.54) is 4.90 Å². The van der Waals surface area contributed by atoms with E-state index in [1.54, 1.807) is 46.9 Å². The predicted octanol–water partition coefficient (Wildman–Crippen LogP) is 4.80. The maximum Gasteiger partial charge on any atom is 0.408 e. The fraction of sp³-hybridized carbons (Fsp3) is 0.707. The Labute approximate surface area is 343 Å². The first kappa shape index (κ1) is 42.8. The van der Waals surface area contributed by atoms with Crippen LogP contribution in [0.25, 0.3) is 11.0 Å². The van der Waals surface area contributed by atoms with Crippen molar-refractivity contribution < 1.29 is 50.6 Å². The highest BCUT2D eigenvalue weighted by Crippen LogP contribution is 2.49. The Morgan fingerprint density at radius 2 is 1.76 bits per heavy atom. The number of hydrogen-bond donors (Lipinski definition) is 3. The largest absolute Gasteiger partial charge is 0.497 e. The van der Waals surface area contributed by atoms with Crippen LogP contribution in [-0.4, -0.2) is 102 Å². The summed E-state index contributed by atoms with van der Waals surface area (Å²) < 4.78 is 74.3. The van der Waals surface area contributed by atoms with Gasteiger partial charge in [0.2, 0.25) is 34.1 Å². The number of nitrogens with one attached hydrogen (secondary N) is 3. The molecule has 7 rings (SSSR count). The number of carbonyl (C=O) groups is 4. The molecule has 5 aliphatic rings. The monoisotopic (exact) mass is 846 g/mol. The first-order chi connectivity index (χ1) is 27.9. The van der Waals surface area contributed by atoms with Crippen LogP contribution in [0.2, 0.25) is 0 Å². The molecule has 18 heteroatoms. The second-order valence-corrected chi connectivity index (χ2v) is 19.9. The molecular formula is C41H56F2N6O9S. The Kier molecular flexibility index (Phi) is 12.0. The van der Waals surface area contributed by atoms with Crippen LogP contribution in [0.5, 0.6) is 11.6 Å². The number of hydrogen-bond acceptors (Lipinski definition) is 11. The number of fused-ring (bicyclic) bond motifs is 5. The third-order valence-corrected chi connectivity index (χ3v) is 14.6. The summed E-state index contributed by atoms with van der Waals surface area (Å²) >= 11 is 0. The first-order valence-corrected chi connectivity index (χ1v) is 22.5. The summed E-state index contributed by atoms with van der Waals surface area (Å²) in [5.41, 5.74) is -1.41. The van der Waals surface area contributed by atoms with Gasteiger partial charge < -0.3 is 29.7 Å². The van der Waals surface area contributed by atoms with Gasteiger partial charge in [-0.2, -0.15) is 0 Å². The van der Waals surface area contributed by atoms with Crippen LogP contribution >= 0.6 is 0 Å². The second-order valence-electron chi connectivity index (χ2n) is 18.0. The molecule has 3 saturated carbocycles. The van der Waals surface area contributed by atoms with Gasteiger partial charge in [-0.3, -0.25) is 19.1 Å². The van der Waals surface area contributed by atoms with Crippen molar-refractivity contribution in [2.24, 2.45) is 23.2 Å². The summed E-state index contributed by atoms with van der Waals surface area (Å²) in [7, 11) is -2.61. The van der Waals surface area contributed by atoms with Crippen molar-refractivity contribution >= 4 is 44.9 Å². The van der Waals surface area contributed by atoms with Crippen molar-refractivity contribution in [1.82, 2.24) is 30.2 Å². The van der Waals surface area contributed by atoms with E-state index in [0.29, 0.717) is 48.2 Å². The Bertz CT molecular complexity index is 2060. The molecule has 0 spiro atoms. The second kappa shape index (κ2) is 16.6. The average molecular weight is 847 g/mol. The SMILES string of the molecule is CCC1C2CN(C(=O)C(C(C)(C)C)NC(=O)OC3CCCC3CCCCCc3nc4ccc(OC)cc4nc3O2)C1C(=O)NC1(C(=O)NS(=O)(=O)C2CC2)CC1C(F)F. The quantitative estimate of drug-likeness (QED) is 0.331. The number of rotatable bonds is 8. The Morgan fingerprint density at radius 3 is 2.42 bits per heavy atom. The number of nitrogens with zero attached hydrogens (tertiary/aromatic N) is 3. The molecule has 1 aromatic heterocycles. The molecule has 15 nitrogen and oxygen atoms in total. The third-order valence-electron chi connectivity index (χ3n) is 12.8. The summed E-state index contributed by atoms with van der Waals surface area (Å²) in [5, 5.41) is 4.50. The number of alkyl carbamates (subject to hydrolysis) is 1. The molecule has 324 valence electrons. The lowest BCUT2D eigenvalue weighted by atomic mass is 9.85. The molecule has 0 radical (unpaired) electrons. The summed E-state index contributed by atoms with van der Waals surface area (Å²) in [4.78, 5) is 67.9. The molecule has 8 unspecified atom stereocenters. The number of aryl methyl sites for hydroxylation is 1. The van der Waals surface area contributed by atoms with Gasteiger partial charge in [-0.25, -0.2) is 32.0 Å². The van der Waals surface area contributed by atoms with Crippen molar-refractivity contribution in [3.05, 3.63) is 23.9 Å². The van der Waals surface area contributed by atoms with Gasteiger partial charge in [0, 0.05) is 12.0 Å². The van der Waals surface area contributed by atoms with Crippen LogP contribution in [0, 0.1) is 23.2 Å². The zero-order valence-electron chi connectivity index (χ0n) is 34.3. The van der Waals surface area contributed by atoms with Crippen molar-refractivity contribution in [3.8, 4) is 11.6 Å². The Morgan fingerprint density at radius 1 is 1.02 bits per heavy atom. The van der Waals surface area contributed by atoms with E-state index in [9.17, 15) is 36.4 Å². The zero-order chi connectivity index (χ0) is 42.4. The molecular weight excluding hydrogens is 791 g/mol. The number of alkyl halides is 2. The fourth-order valence-electron chi connectivity index (χ4n) is 9.13. The minimum atomic E-state index is -4.15. The topological polar surface area (TPSA) is 195 Å². The van der Waals surface area contributed by atoms with E-state index in [1.807, 2.05) is 10.8 Å². The van der Waals surface area contributed by atoms with Crippen LogP contribution in [0.4, 0.5) is 13.6 Å². The molecule has 2 aliphatic heterocycles. The van der Waals surface area contributed by atoms with Crippen molar-refractivity contribution in [2.75, 3.05) is 13.7 Å². The number of amides is 4. The molecule has 4 amide bonds. The van der Waals surface area contributed by atoms with Gasteiger partial charge in [-0.1, -0.05) is 40.5 Å². The molecule has 3 aliphatic carbocycles. The van der Waals surface area contributed by atoms with Gasteiger partial charge in [0.1, 0.15) is 41.3 Å². The highest BCUT2D eigenvalue weighted by Gasteiger charge is 2.67. The minimum absolute atomic E-state index is 0.166. The average Bonchev–Trinajstić information content (AvgIpc) is 4.09. The van der Waals surface area contributed by atoms with Crippen molar-refractivity contribution in [2.45, 2.75) is 146 Å². The van der Waals surface area contributed by atoms with Gasteiger partial charge in [0.25, 0.3) is 5.91 Å². The molecule has 2 bridgehead atoms. The highest BCUT2D eigenvalue weighted by molar-refractivity contribution is 7.91. The first-order valence-electron chi connectivity index (χ1n) is 20.9.